The normalized spacial score (nSPS) is 16.4. The third-order valence-corrected chi connectivity index (χ3v) is 5.02. The van der Waals surface area contributed by atoms with E-state index in [0.29, 0.717) is 0 Å². The number of carbonyl (C=O) groups is 1. The predicted octanol–water partition coefficient (Wildman–Crippen LogP) is 3.85. The van der Waals surface area contributed by atoms with Crippen molar-refractivity contribution in [1.82, 2.24) is 4.90 Å². The van der Waals surface area contributed by atoms with Gasteiger partial charge in [-0.05, 0) is 43.3 Å². The Kier molecular flexibility index (Phi) is 5.77. The van der Waals surface area contributed by atoms with Crippen molar-refractivity contribution < 1.29 is 9.53 Å². The van der Waals surface area contributed by atoms with Crippen LogP contribution in [0.15, 0.2) is 54.6 Å². The van der Waals surface area contributed by atoms with Crippen molar-refractivity contribution >= 4 is 23.4 Å². The molecule has 126 valence electrons. The number of hydrogen-bond acceptors (Lipinski definition) is 4. The zero-order valence-corrected chi connectivity index (χ0v) is 14.6. The average molecular weight is 342 g/mol. The van der Waals surface area contributed by atoms with Crippen molar-refractivity contribution in [2.75, 3.05) is 29.9 Å². The van der Waals surface area contributed by atoms with E-state index in [1.54, 1.807) is 0 Å². The number of hydrogen-bond donors (Lipinski definition) is 1. The molecule has 3 rings (SSSR count). The molecule has 4 nitrogen and oxygen atoms in total. The lowest BCUT2D eigenvalue weighted by Crippen LogP contribution is -2.46. The summed E-state index contributed by atoms with van der Waals surface area (Å²) in [6.45, 7) is 3.92. The molecule has 2 aromatic rings. The first-order valence-electron chi connectivity index (χ1n) is 8.18. The van der Waals surface area contributed by atoms with E-state index in [-0.39, 0.29) is 11.9 Å². The van der Waals surface area contributed by atoms with E-state index in [1.165, 1.54) is 0 Å². The lowest BCUT2D eigenvalue weighted by atomic mass is 10.2. The number of thioether (sulfide) groups is 1. The smallest absolute Gasteiger partial charge is 0.241 e. The Hall–Kier alpha value is -1.98. The van der Waals surface area contributed by atoms with E-state index in [0.717, 1.165) is 41.8 Å². The fourth-order valence-corrected chi connectivity index (χ4v) is 3.54. The Bertz CT molecular complexity index is 655. The van der Waals surface area contributed by atoms with E-state index >= 15 is 0 Å². The number of para-hydroxylation sites is 1. The van der Waals surface area contributed by atoms with Crippen LogP contribution in [0.1, 0.15) is 6.92 Å². The number of amides is 1. The summed E-state index contributed by atoms with van der Waals surface area (Å²) in [5.74, 6) is 3.79. The van der Waals surface area contributed by atoms with E-state index in [9.17, 15) is 4.79 Å². The molecule has 1 atom stereocenters. The molecule has 1 saturated heterocycles. The molecule has 5 heteroatoms. The van der Waals surface area contributed by atoms with Crippen LogP contribution in [0.2, 0.25) is 0 Å². The molecule has 1 heterocycles. The van der Waals surface area contributed by atoms with E-state index in [1.807, 2.05) is 73.3 Å². The van der Waals surface area contributed by atoms with Gasteiger partial charge in [-0.25, -0.2) is 0 Å². The summed E-state index contributed by atoms with van der Waals surface area (Å²) in [6.07, 6.45) is 0. The van der Waals surface area contributed by atoms with Crippen LogP contribution in [0.5, 0.6) is 11.5 Å². The molecule has 1 amide bonds. The number of rotatable bonds is 5. The Morgan fingerprint density at radius 3 is 2.33 bits per heavy atom. The van der Waals surface area contributed by atoms with Crippen LogP contribution in [0.3, 0.4) is 0 Å². The molecule has 0 spiro atoms. The molecule has 0 aromatic heterocycles. The summed E-state index contributed by atoms with van der Waals surface area (Å²) in [7, 11) is 0. The molecule has 1 N–H and O–H groups in total. The Labute approximate surface area is 147 Å². The Morgan fingerprint density at radius 2 is 1.67 bits per heavy atom. The predicted molar refractivity (Wildman–Crippen MR) is 99.9 cm³/mol. The van der Waals surface area contributed by atoms with Gasteiger partial charge in [-0.1, -0.05) is 18.2 Å². The van der Waals surface area contributed by atoms with E-state index in [4.69, 9.17) is 4.74 Å². The minimum Gasteiger partial charge on any atom is -0.457 e. The first kappa shape index (κ1) is 16.9. The summed E-state index contributed by atoms with van der Waals surface area (Å²) in [6, 6.07) is 17.0. The van der Waals surface area contributed by atoms with Crippen molar-refractivity contribution in [2.45, 2.75) is 13.0 Å². The van der Waals surface area contributed by atoms with Crippen molar-refractivity contribution in [3.8, 4) is 11.5 Å². The fraction of sp³-hybridized carbons (Fsp3) is 0.316. The quantitative estimate of drug-likeness (QED) is 0.896. The fourth-order valence-electron chi connectivity index (χ4n) is 2.61. The van der Waals surface area contributed by atoms with Gasteiger partial charge in [0.1, 0.15) is 11.5 Å². The maximum atomic E-state index is 12.4. The summed E-state index contributed by atoms with van der Waals surface area (Å²) in [5, 5.41) is 2.99. The molecule has 0 radical (unpaired) electrons. The molecule has 1 aliphatic rings. The lowest BCUT2D eigenvalue weighted by Gasteiger charge is -2.31. The zero-order chi connectivity index (χ0) is 16.8. The average Bonchev–Trinajstić information content (AvgIpc) is 2.64. The highest BCUT2D eigenvalue weighted by atomic mass is 32.2. The van der Waals surface area contributed by atoms with Crippen LogP contribution >= 0.6 is 11.8 Å². The van der Waals surface area contributed by atoms with Gasteiger partial charge in [0.15, 0.2) is 0 Å². The largest absolute Gasteiger partial charge is 0.457 e. The standard InChI is InChI=1S/C19H22N2O2S/c1-15(21-11-13-24-14-12-21)19(22)20-16-7-9-18(10-8-16)23-17-5-3-2-4-6-17/h2-10,15H,11-14H2,1H3,(H,20,22). The minimum absolute atomic E-state index is 0.0404. The van der Waals surface area contributed by atoms with Crippen LogP contribution in [-0.2, 0) is 4.79 Å². The minimum atomic E-state index is -0.105. The maximum Gasteiger partial charge on any atom is 0.241 e. The molecule has 1 unspecified atom stereocenters. The number of anilines is 1. The number of nitrogens with one attached hydrogen (secondary N) is 1. The molecule has 0 aliphatic carbocycles. The first-order valence-corrected chi connectivity index (χ1v) is 9.33. The summed E-state index contributed by atoms with van der Waals surface area (Å²) in [4.78, 5) is 14.6. The molecule has 1 aliphatic heterocycles. The lowest BCUT2D eigenvalue weighted by molar-refractivity contribution is -0.120. The molecule has 24 heavy (non-hydrogen) atoms. The second-order valence-corrected chi connectivity index (χ2v) is 6.98. The van der Waals surface area contributed by atoms with Gasteiger partial charge < -0.3 is 10.1 Å². The van der Waals surface area contributed by atoms with E-state index < -0.39 is 0 Å². The van der Waals surface area contributed by atoms with Gasteiger partial charge >= 0.3 is 0 Å². The Balaban J connectivity index is 1.56. The van der Waals surface area contributed by atoms with E-state index in [2.05, 4.69) is 10.2 Å². The molecular formula is C19H22N2O2S. The molecule has 0 saturated carbocycles. The van der Waals surface area contributed by atoms with Gasteiger partial charge in [0, 0.05) is 30.3 Å². The first-order chi connectivity index (χ1) is 11.7. The monoisotopic (exact) mass is 342 g/mol. The Morgan fingerprint density at radius 1 is 1.04 bits per heavy atom. The van der Waals surface area contributed by atoms with Gasteiger partial charge in [0.05, 0.1) is 6.04 Å². The van der Waals surface area contributed by atoms with Crippen LogP contribution in [0.4, 0.5) is 5.69 Å². The van der Waals surface area contributed by atoms with Crippen LogP contribution in [0.25, 0.3) is 0 Å². The summed E-state index contributed by atoms with van der Waals surface area (Å²) >= 11 is 1.95. The number of nitrogens with zero attached hydrogens (tertiary/aromatic N) is 1. The number of ether oxygens (including phenoxy) is 1. The van der Waals surface area contributed by atoms with Crippen LogP contribution in [-0.4, -0.2) is 41.4 Å². The van der Waals surface area contributed by atoms with Crippen LogP contribution in [0, 0.1) is 0 Å². The SMILES string of the molecule is CC(C(=O)Nc1ccc(Oc2ccccc2)cc1)N1CCSCC1. The summed E-state index contributed by atoms with van der Waals surface area (Å²) < 4.78 is 5.76. The van der Waals surface area contributed by atoms with Gasteiger partial charge in [-0.15, -0.1) is 0 Å². The molecule has 1 fully saturated rings. The highest BCUT2D eigenvalue weighted by Gasteiger charge is 2.22. The van der Waals surface area contributed by atoms with Gasteiger partial charge in [0.25, 0.3) is 0 Å². The third-order valence-electron chi connectivity index (χ3n) is 4.07. The summed E-state index contributed by atoms with van der Waals surface area (Å²) in [5.41, 5.74) is 0.790. The van der Waals surface area contributed by atoms with Gasteiger partial charge in [-0.2, -0.15) is 11.8 Å². The highest BCUT2D eigenvalue weighted by Crippen LogP contribution is 2.23. The zero-order valence-electron chi connectivity index (χ0n) is 13.8. The third kappa shape index (κ3) is 4.52. The van der Waals surface area contributed by atoms with Crippen molar-refractivity contribution in [2.24, 2.45) is 0 Å². The molecule has 0 bridgehead atoms. The van der Waals surface area contributed by atoms with Gasteiger partial charge in [0.2, 0.25) is 5.91 Å². The van der Waals surface area contributed by atoms with Gasteiger partial charge in [-0.3, -0.25) is 9.69 Å². The van der Waals surface area contributed by atoms with Crippen molar-refractivity contribution in [3.05, 3.63) is 54.6 Å². The number of carbonyl (C=O) groups excluding carboxylic acids is 1. The molecule has 2 aromatic carbocycles. The van der Waals surface area contributed by atoms with Crippen molar-refractivity contribution in [1.29, 1.82) is 0 Å². The number of benzene rings is 2. The topological polar surface area (TPSA) is 41.6 Å². The second kappa shape index (κ2) is 8.22. The second-order valence-electron chi connectivity index (χ2n) is 5.75. The molecular weight excluding hydrogens is 320 g/mol. The van der Waals surface area contributed by atoms with Crippen LogP contribution < -0.4 is 10.1 Å². The highest BCUT2D eigenvalue weighted by molar-refractivity contribution is 7.99. The van der Waals surface area contributed by atoms with Crippen molar-refractivity contribution in [3.63, 3.8) is 0 Å². The maximum absolute atomic E-state index is 12.4.